The molecular weight excluding hydrogens is 256 g/mol. The van der Waals surface area contributed by atoms with Crippen molar-refractivity contribution >= 4 is 23.2 Å². The van der Waals surface area contributed by atoms with Gasteiger partial charge in [0.1, 0.15) is 5.56 Å². The number of amides is 1. The maximum Gasteiger partial charge on any atom is 0.282 e. The fourth-order valence-corrected chi connectivity index (χ4v) is 1.52. The van der Waals surface area contributed by atoms with Gasteiger partial charge in [-0.05, 0) is 24.5 Å². The van der Waals surface area contributed by atoms with Gasteiger partial charge in [0.15, 0.2) is 0 Å². The van der Waals surface area contributed by atoms with E-state index in [0.29, 0.717) is 12.4 Å². The predicted molar refractivity (Wildman–Crippen MR) is 70.1 cm³/mol. The number of hydrogen-bond acceptors (Lipinski definition) is 3. The Hall–Kier alpha value is -1.62. The van der Waals surface area contributed by atoms with Crippen LogP contribution in [0.25, 0.3) is 0 Å². The minimum Gasteiger partial charge on any atom is -0.352 e. The van der Waals surface area contributed by atoms with Gasteiger partial charge in [0.05, 0.1) is 4.92 Å². The Balaban J connectivity index is 2.90. The standard InChI is InChI=1S/C12H15ClN2O3/c1-8-3-4-11(15(17)18)10(5-8)12(16)14-7-9(2)6-13/h3-5,9H,6-7H2,1-2H3,(H,14,16). The number of aryl methyl sites for hydroxylation is 1. The Labute approximate surface area is 110 Å². The summed E-state index contributed by atoms with van der Waals surface area (Å²) in [5.41, 5.74) is 0.703. The summed E-state index contributed by atoms with van der Waals surface area (Å²) < 4.78 is 0. The molecule has 1 aromatic rings. The molecule has 1 amide bonds. The summed E-state index contributed by atoms with van der Waals surface area (Å²) in [7, 11) is 0. The van der Waals surface area contributed by atoms with Gasteiger partial charge in [-0.3, -0.25) is 14.9 Å². The van der Waals surface area contributed by atoms with Gasteiger partial charge in [-0.25, -0.2) is 0 Å². The molecule has 1 unspecified atom stereocenters. The number of alkyl halides is 1. The van der Waals surface area contributed by atoms with Crippen LogP contribution < -0.4 is 5.32 Å². The molecular formula is C12H15ClN2O3. The smallest absolute Gasteiger partial charge is 0.282 e. The van der Waals surface area contributed by atoms with Crippen LogP contribution >= 0.6 is 11.6 Å². The van der Waals surface area contributed by atoms with Crippen molar-refractivity contribution in [2.45, 2.75) is 13.8 Å². The summed E-state index contributed by atoms with van der Waals surface area (Å²) in [5.74, 6) is 0.109. The van der Waals surface area contributed by atoms with E-state index in [-0.39, 0.29) is 17.2 Å². The average Bonchev–Trinajstić information content (AvgIpc) is 2.34. The van der Waals surface area contributed by atoms with Crippen molar-refractivity contribution in [3.63, 3.8) is 0 Å². The zero-order chi connectivity index (χ0) is 13.7. The van der Waals surface area contributed by atoms with Crippen molar-refractivity contribution in [3.8, 4) is 0 Å². The van der Waals surface area contributed by atoms with Gasteiger partial charge < -0.3 is 5.32 Å². The summed E-state index contributed by atoms with van der Waals surface area (Å²) in [5, 5.41) is 13.5. The maximum absolute atomic E-state index is 11.9. The highest BCUT2D eigenvalue weighted by Crippen LogP contribution is 2.19. The van der Waals surface area contributed by atoms with Gasteiger partial charge in [0.25, 0.3) is 11.6 Å². The van der Waals surface area contributed by atoms with E-state index in [2.05, 4.69) is 5.32 Å². The number of carbonyl (C=O) groups excluding carboxylic acids is 1. The van der Waals surface area contributed by atoms with Gasteiger partial charge in [0.2, 0.25) is 0 Å². The Morgan fingerprint density at radius 1 is 1.56 bits per heavy atom. The van der Waals surface area contributed by atoms with Crippen LogP contribution in [0.3, 0.4) is 0 Å². The molecule has 0 saturated heterocycles. The van der Waals surface area contributed by atoms with Gasteiger partial charge in [-0.1, -0.05) is 13.0 Å². The van der Waals surface area contributed by atoms with Crippen LogP contribution in [0.5, 0.6) is 0 Å². The molecule has 1 atom stereocenters. The SMILES string of the molecule is Cc1ccc([N+](=O)[O-])c(C(=O)NCC(C)CCl)c1. The Kier molecular flexibility index (Phi) is 5.09. The molecule has 0 bridgehead atoms. The van der Waals surface area contributed by atoms with Crippen LogP contribution in [0.1, 0.15) is 22.8 Å². The van der Waals surface area contributed by atoms with Gasteiger partial charge >= 0.3 is 0 Å². The van der Waals surface area contributed by atoms with E-state index < -0.39 is 10.8 Å². The largest absolute Gasteiger partial charge is 0.352 e. The van der Waals surface area contributed by atoms with E-state index in [1.54, 1.807) is 13.0 Å². The third kappa shape index (κ3) is 3.70. The van der Waals surface area contributed by atoms with Crippen molar-refractivity contribution in [1.29, 1.82) is 0 Å². The molecule has 0 aliphatic heterocycles. The first kappa shape index (κ1) is 14.4. The van der Waals surface area contributed by atoms with Crippen molar-refractivity contribution in [3.05, 3.63) is 39.4 Å². The monoisotopic (exact) mass is 270 g/mol. The van der Waals surface area contributed by atoms with E-state index in [1.165, 1.54) is 12.1 Å². The first-order chi connectivity index (χ1) is 8.45. The van der Waals surface area contributed by atoms with Crippen molar-refractivity contribution in [1.82, 2.24) is 5.32 Å². The summed E-state index contributed by atoms with van der Waals surface area (Å²) in [6.45, 7) is 4.06. The second-order valence-electron chi connectivity index (χ2n) is 4.25. The summed E-state index contributed by atoms with van der Waals surface area (Å²) in [6, 6.07) is 4.46. The maximum atomic E-state index is 11.9. The number of carbonyl (C=O) groups is 1. The van der Waals surface area contributed by atoms with E-state index in [0.717, 1.165) is 5.56 Å². The second kappa shape index (κ2) is 6.35. The topological polar surface area (TPSA) is 72.2 Å². The molecule has 18 heavy (non-hydrogen) atoms. The summed E-state index contributed by atoms with van der Waals surface area (Å²) in [4.78, 5) is 22.2. The molecule has 6 heteroatoms. The molecule has 0 aromatic heterocycles. The Morgan fingerprint density at radius 3 is 2.78 bits per heavy atom. The van der Waals surface area contributed by atoms with Crippen LogP contribution in [0.2, 0.25) is 0 Å². The number of nitro groups is 1. The molecule has 0 radical (unpaired) electrons. The van der Waals surface area contributed by atoms with Crippen LogP contribution in [-0.2, 0) is 0 Å². The molecule has 0 saturated carbocycles. The summed E-state index contributed by atoms with van der Waals surface area (Å²) >= 11 is 5.63. The fraction of sp³-hybridized carbons (Fsp3) is 0.417. The number of halogens is 1. The lowest BCUT2D eigenvalue weighted by Gasteiger charge is -2.10. The molecule has 1 rings (SSSR count). The Morgan fingerprint density at radius 2 is 2.22 bits per heavy atom. The molecule has 0 fully saturated rings. The van der Waals surface area contributed by atoms with Gasteiger partial charge in [0, 0.05) is 18.5 Å². The summed E-state index contributed by atoms with van der Waals surface area (Å²) in [6.07, 6.45) is 0. The molecule has 1 N–H and O–H groups in total. The van der Waals surface area contributed by atoms with E-state index in [4.69, 9.17) is 11.6 Å². The number of rotatable bonds is 5. The zero-order valence-corrected chi connectivity index (χ0v) is 11.0. The minimum atomic E-state index is -0.556. The number of hydrogen-bond donors (Lipinski definition) is 1. The first-order valence-corrected chi connectivity index (χ1v) is 6.08. The molecule has 0 aliphatic rings. The minimum absolute atomic E-state index is 0.0850. The highest BCUT2D eigenvalue weighted by Gasteiger charge is 2.20. The zero-order valence-electron chi connectivity index (χ0n) is 10.3. The van der Waals surface area contributed by atoms with E-state index in [9.17, 15) is 14.9 Å². The Bertz CT molecular complexity index is 463. The average molecular weight is 271 g/mol. The third-order valence-electron chi connectivity index (χ3n) is 2.47. The molecule has 5 nitrogen and oxygen atoms in total. The lowest BCUT2D eigenvalue weighted by atomic mass is 10.1. The molecule has 0 aliphatic carbocycles. The first-order valence-electron chi connectivity index (χ1n) is 5.55. The normalized spacial score (nSPS) is 11.9. The van der Waals surface area contributed by atoms with Crippen LogP contribution in [-0.4, -0.2) is 23.3 Å². The second-order valence-corrected chi connectivity index (χ2v) is 4.56. The number of nitro benzene ring substituents is 1. The van der Waals surface area contributed by atoms with Gasteiger partial charge in [-0.2, -0.15) is 0 Å². The number of nitrogens with zero attached hydrogens (tertiary/aromatic N) is 1. The van der Waals surface area contributed by atoms with E-state index >= 15 is 0 Å². The molecule has 98 valence electrons. The van der Waals surface area contributed by atoms with Crippen LogP contribution in [0.4, 0.5) is 5.69 Å². The number of benzene rings is 1. The lowest BCUT2D eigenvalue weighted by molar-refractivity contribution is -0.385. The van der Waals surface area contributed by atoms with Gasteiger partial charge in [-0.15, -0.1) is 11.6 Å². The quantitative estimate of drug-likeness (QED) is 0.508. The highest BCUT2D eigenvalue weighted by atomic mass is 35.5. The highest BCUT2D eigenvalue weighted by molar-refractivity contribution is 6.18. The molecule has 0 heterocycles. The fourth-order valence-electron chi connectivity index (χ4n) is 1.41. The predicted octanol–water partition coefficient (Wildman–Crippen LogP) is 2.51. The van der Waals surface area contributed by atoms with Crippen molar-refractivity contribution in [2.24, 2.45) is 5.92 Å². The van der Waals surface area contributed by atoms with E-state index in [1.807, 2.05) is 6.92 Å². The number of nitrogens with one attached hydrogen (secondary N) is 1. The lowest BCUT2D eigenvalue weighted by Crippen LogP contribution is -2.29. The van der Waals surface area contributed by atoms with Crippen LogP contribution in [0.15, 0.2) is 18.2 Å². The van der Waals surface area contributed by atoms with Crippen molar-refractivity contribution in [2.75, 3.05) is 12.4 Å². The third-order valence-corrected chi connectivity index (χ3v) is 2.99. The van der Waals surface area contributed by atoms with Crippen LogP contribution in [0, 0.1) is 23.0 Å². The molecule has 0 spiro atoms. The molecule has 1 aromatic carbocycles. The van der Waals surface area contributed by atoms with Crippen molar-refractivity contribution < 1.29 is 9.72 Å².